The predicted molar refractivity (Wildman–Crippen MR) is 95.4 cm³/mol. The molecule has 0 N–H and O–H groups in total. The van der Waals surface area contributed by atoms with Crippen LogP contribution in [0.4, 0.5) is 0 Å². The highest BCUT2D eigenvalue weighted by atomic mass is 35.5. The summed E-state index contributed by atoms with van der Waals surface area (Å²) in [6.45, 7) is 18.1. The Bertz CT molecular complexity index is 426. The quantitative estimate of drug-likeness (QED) is 0.444. The van der Waals surface area contributed by atoms with E-state index >= 15 is 0 Å². The lowest BCUT2D eigenvalue weighted by Crippen LogP contribution is -2.43. The molecule has 0 aliphatic heterocycles. The van der Waals surface area contributed by atoms with Gasteiger partial charge in [-0.05, 0) is 36.5 Å². The fourth-order valence-corrected chi connectivity index (χ4v) is 8.44. The Morgan fingerprint density at radius 2 is 1.35 bits per heavy atom. The minimum Gasteiger partial charge on any atom is -0.129 e. The van der Waals surface area contributed by atoms with E-state index in [-0.39, 0.29) is 5.41 Å². The zero-order chi connectivity index (χ0) is 16.0. The molecular weight excluding hydrogens is 280 g/mol. The van der Waals surface area contributed by atoms with Gasteiger partial charge in [-0.25, -0.2) is 0 Å². The monoisotopic (exact) mass is 308 g/mol. The molecule has 112 valence electrons. The van der Waals surface area contributed by atoms with Crippen LogP contribution in [0, 0.1) is 28.7 Å². The van der Waals surface area contributed by atoms with E-state index in [1.165, 1.54) is 5.54 Å². The van der Waals surface area contributed by atoms with Crippen LogP contribution in [0.15, 0.2) is 11.6 Å². The Labute approximate surface area is 132 Å². The zero-order valence-electron chi connectivity index (χ0n) is 14.3. The van der Waals surface area contributed by atoms with Gasteiger partial charge in [-0.1, -0.05) is 70.9 Å². The maximum Gasteiger partial charge on any atom is 0.146 e. The lowest BCUT2D eigenvalue weighted by atomic mass is 9.96. The van der Waals surface area contributed by atoms with Gasteiger partial charge in [0.15, 0.2) is 0 Å². The first-order chi connectivity index (χ1) is 9.10. The Hall–Kier alpha value is -0.633. The van der Waals surface area contributed by atoms with Gasteiger partial charge in [0.05, 0.1) is 5.41 Å². The average molecular weight is 309 g/mol. The summed E-state index contributed by atoms with van der Waals surface area (Å²) in [6, 6.07) is 0. The molecular formula is C18H29ClSi. The SMILES string of the molecule is CC(C)[Si](C#CC(C)(C)C#C/C=C\Cl)(C(C)C)C(C)C. The van der Waals surface area contributed by atoms with E-state index in [0.29, 0.717) is 16.6 Å². The van der Waals surface area contributed by atoms with Gasteiger partial charge in [0.1, 0.15) is 8.07 Å². The maximum atomic E-state index is 5.49. The molecule has 0 saturated heterocycles. The zero-order valence-corrected chi connectivity index (χ0v) is 16.0. The van der Waals surface area contributed by atoms with Crippen molar-refractivity contribution < 1.29 is 0 Å². The van der Waals surface area contributed by atoms with Gasteiger partial charge >= 0.3 is 0 Å². The number of hydrogen-bond donors (Lipinski definition) is 0. The molecule has 0 rings (SSSR count). The second kappa shape index (κ2) is 7.97. The molecule has 0 aromatic carbocycles. The molecule has 0 aromatic heterocycles. The van der Waals surface area contributed by atoms with Gasteiger partial charge in [-0.3, -0.25) is 0 Å². The van der Waals surface area contributed by atoms with Crippen molar-refractivity contribution >= 4 is 19.7 Å². The Morgan fingerprint density at radius 3 is 1.70 bits per heavy atom. The molecule has 0 aromatic rings. The van der Waals surface area contributed by atoms with Crippen LogP contribution < -0.4 is 0 Å². The van der Waals surface area contributed by atoms with Crippen molar-refractivity contribution in [2.24, 2.45) is 5.41 Å². The average Bonchev–Trinajstić information content (AvgIpc) is 2.28. The molecule has 2 heteroatoms. The first-order valence-corrected chi connectivity index (χ1v) is 10.1. The van der Waals surface area contributed by atoms with Crippen molar-refractivity contribution in [2.75, 3.05) is 0 Å². The first kappa shape index (κ1) is 19.4. The van der Waals surface area contributed by atoms with Crippen LogP contribution >= 0.6 is 11.6 Å². The lowest BCUT2D eigenvalue weighted by molar-refractivity contribution is 0.686. The van der Waals surface area contributed by atoms with Crippen molar-refractivity contribution in [3.63, 3.8) is 0 Å². The van der Waals surface area contributed by atoms with Crippen LogP contribution in [0.3, 0.4) is 0 Å². The normalized spacial score (nSPS) is 12.6. The topological polar surface area (TPSA) is 0 Å². The molecule has 0 amide bonds. The fourth-order valence-electron chi connectivity index (χ4n) is 2.98. The van der Waals surface area contributed by atoms with Crippen LogP contribution in [0.25, 0.3) is 0 Å². The molecule has 0 radical (unpaired) electrons. The van der Waals surface area contributed by atoms with Crippen LogP contribution in [0.2, 0.25) is 16.6 Å². The van der Waals surface area contributed by atoms with Crippen molar-refractivity contribution in [1.29, 1.82) is 0 Å². The van der Waals surface area contributed by atoms with E-state index < -0.39 is 8.07 Å². The molecule has 0 fully saturated rings. The molecule has 0 atom stereocenters. The summed E-state index contributed by atoms with van der Waals surface area (Å²) in [7, 11) is -1.66. The van der Waals surface area contributed by atoms with Gasteiger partial charge in [0, 0.05) is 5.54 Å². The number of halogens is 1. The van der Waals surface area contributed by atoms with Crippen LogP contribution in [0.1, 0.15) is 55.4 Å². The molecule has 0 bridgehead atoms. The highest BCUT2D eigenvalue weighted by Crippen LogP contribution is 2.41. The Kier molecular flexibility index (Phi) is 7.72. The number of hydrogen-bond acceptors (Lipinski definition) is 0. The van der Waals surface area contributed by atoms with Gasteiger partial charge in [0.25, 0.3) is 0 Å². The molecule has 0 spiro atoms. The number of rotatable bonds is 3. The smallest absolute Gasteiger partial charge is 0.129 e. The molecule has 0 heterocycles. The summed E-state index contributed by atoms with van der Waals surface area (Å²) in [5, 5.41) is 0. The van der Waals surface area contributed by atoms with E-state index in [2.05, 4.69) is 78.7 Å². The van der Waals surface area contributed by atoms with E-state index in [9.17, 15) is 0 Å². The Balaban J connectivity index is 5.63. The molecule has 0 saturated carbocycles. The van der Waals surface area contributed by atoms with Crippen molar-refractivity contribution in [3.05, 3.63) is 11.6 Å². The highest BCUT2D eigenvalue weighted by Gasteiger charge is 2.41. The van der Waals surface area contributed by atoms with Gasteiger partial charge in [-0.15, -0.1) is 5.54 Å². The third kappa shape index (κ3) is 5.04. The molecule has 0 nitrogen and oxygen atoms in total. The molecule has 20 heavy (non-hydrogen) atoms. The summed E-state index contributed by atoms with van der Waals surface area (Å²) in [6.07, 6.45) is 1.66. The van der Waals surface area contributed by atoms with E-state index in [1.54, 1.807) is 6.08 Å². The van der Waals surface area contributed by atoms with E-state index in [0.717, 1.165) is 0 Å². The third-order valence-corrected chi connectivity index (χ3v) is 10.4. The van der Waals surface area contributed by atoms with Crippen molar-refractivity contribution in [1.82, 2.24) is 0 Å². The van der Waals surface area contributed by atoms with Crippen LogP contribution in [-0.4, -0.2) is 8.07 Å². The third-order valence-electron chi connectivity index (χ3n) is 3.99. The Morgan fingerprint density at radius 1 is 0.900 bits per heavy atom. The van der Waals surface area contributed by atoms with E-state index in [4.69, 9.17) is 11.6 Å². The van der Waals surface area contributed by atoms with E-state index in [1.807, 2.05) is 0 Å². The summed E-state index contributed by atoms with van der Waals surface area (Å²) >= 11 is 5.49. The van der Waals surface area contributed by atoms with Gasteiger partial charge in [0.2, 0.25) is 0 Å². The van der Waals surface area contributed by atoms with Gasteiger partial charge < -0.3 is 0 Å². The number of allylic oxidation sites excluding steroid dienone is 1. The summed E-state index contributed by atoms with van der Waals surface area (Å²) in [5.41, 5.74) is 6.84. The second-order valence-corrected chi connectivity index (χ2v) is 12.7. The van der Waals surface area contributed by atoms with Gasteiger partial charge in [-0.2, -0.15) is 0 Å². The van der Waals surface area contributed by atoms with Crippen molar-refractivity contribution in [2.45, 2.75) is 72.0 Å². The second-order valence-electron chi connectivity index (χ2n) is 6.83. The lowest BCUT2D eigenvalue weighted by Gasteiger charge is -2.38. The van der Waals surface area contributed by atoms with Crippen LogP contribution in [0.5, 0.6) is 0 Å². The highest BCUT2D eigenvalue weighted by molar-refractivity contribution is 6.90. The summed E-state index contributed by atoms with van der Waals surface area (Å²) < 4.78 is 0. The first-order valence-electron chi connectivity index (χ1n) is 7.42. The molecule has 0 unspecified atom stereocenters. The standard InChI is InChI=1S/C18H29ClSi/c1-15(2)20(16(3)4,17(5)6)14-12-18(7,8)11-9-10-13-19/h10,13,15-17H,1-8H3/b13-10-. The largest absolute Gasteiger partial charge is 0.146 e. The minimum absolute atomic E-state index is 0.284. The van der Waals surface area contributed by atoms with Crippen LogP contribution in [-0.2, 0) is 0 Å². The minimum atomic E-state index is -1.66. The fraction of sp³-hybridized carbons (Fsp3) is 0.667. The predicted octanol–water partition coefficient (Wildman–Crippen LogP) is 5.99. The molecule has 0 aliphatic rings. The maximum absolute atomic E-state index is 5.49. The van der Waals surface area contributed by atoms with Crippen molar-refractivity contribution in [3.8, 4) is 23.3 Å². The summed E-state index contributed by atoms with van der Waals surface area (Å²) in [4.78, 5) is 0. The molecule has 0 aliphatic carbocycles. The summed E-state index contributed by atoms with van der Waals surface area (Å²) in [5.74, 6) is 9.59.